The molecule has 0 fully saturated rings. The minimum absolute atomic E-state index is 0.389. The summed E-state index contributed by atoms with van der Waals surface area (Å²) >= 11 is 0. The number of aromatic nitrogens is 4. The van der Waals surface area contributed by atoms with Gasteiger partial charge in [0.05, 0.1) is 7.11 Å². The van der Waals surface area contributed by atoms with Crippen LogP contribution in [-0.4, -0.2) is 33.5 Å². The summed E-state index contributed by atoms with van der Waals surface area (Å²) in [6.07, 6.45) is 1.68. The summed E-state index contributed by atoms with van der Waals surface area (Å²) in [7, 11) is 1.63. The van der Waals surface area contributed by atoms with Crippen molar-refractivity contribution in [2.75, 3.05) is 13.7 Å². The van der Waals surface area contributed by atoms with E-state index in [2.05, 4.69) is 21.9 Å². The van der Waals surface area contributed by atoms with Crippen molar-refractivity contribution in [1.82, 2.24) is 19.8 Å². The second kappa shape index (κ2) is 7.79. The van der Waals surface area contributed by atoms with Crippen LogP contribution in [0.15, 0.2) is 73.3 Å². The Balaban J connectivity index is 1.67. The first-order valence-electron chi connectivity index (χ1n) is 8.66. The van der Waals surface area contributed by atoms with Crippen LogP contribution in [0.25, 0.3) is 17.0 Å². The molecule has 2 aromatic heterocycles. The smallest absolute Gasteiger partial charge is 0.237 e. The maximum atomic E-state index is 5.94. The Labute approximate surface area is 161 Å². The van der Waals surface area contributed by atoms with Gasteiger partial charge in [-0.1, -0.05) is 24.8 Å². The van der Waals surface area contributed by atoms with Gasteiger partial charge in [0.2, 0.25) is 5.88 Å². The van der Waals surface area contributed by atoms with Crippen LogP contribution in [0.2, 0.25) is 0 Å². The number of fused-ring (bicyclic) bond motifs is 1. The van der Waals surface area contributed by atoms with Gasteiger partial charge < -0.3 is 14.2 Å². The Bertz CT molecular complexity index is 1110. The van der Waals surface area contributed by atoms with Crippen molar-refractivity contribution in [3.63, 3.8) is 0 Å². The molecule has 0 N–H and O–H groups in total. The van der Waals surface area contributed by atoms with Gasteiger partial charge in [0.15, 0.2) is 23.0 Å². The van der Waals surface area contributed by atoms with E-state index in [0.29, 0.717) is 35.5 Å². The predicted molar refractivity (Wildman–Crippen MR) is 105 cm³/mol. The summed E-state index contributed by atoms with van der Waals surface area (Å²) in [6.45, 7) is 4.05. The van der Waals surface area contributed by atoms with E-state index in [4.69, 9.17) is 14.2 Å². The molecule has 140 valence electrons. The third-order valence-electron chi connectivity index (χ3n) is 4.01. The second-order valence-corrected chi connectivity index (χ2v) is 5.84. The highest BCUT2D eigenvalue weighted by molar-refractivity contribution is 5.59. The van der Waals surface area contributed by atoms with E-state index in [0.717, 1.165) is 11.3 Å². The molecule has 0 unspecified atom stereocenters. The fraction of sp³-hybridized carbons (Fsp3) is 0.0952. The highest BCUT2D eigenvalue weighted by atomic mass is 16.5. The number of ether oxygens (including phenoxy) is 3. The fourth-order valence-electron chi connectivity index (χ4n) is 2.66. The average molecular weight is 374 g/mol. The molecular formula is C21H18N4O3. The van der Waals surface area contributed by atoms with E-state index in [1.165, 1.54) is 0 Å². The van der Waals surface area contributed by atoms with Gasteiger partial charge in [-0.05, 0) is 42.5 Å². The number of benzene rings is 2. The standard InChI is InChI=1S/C21H18N4O3/c1-3-14-27-17-6-4-5-7-18(17)28-20-13-12-19-22-23-21(25(19)24-20)15-8-10-16(26-2)11-9-15/h3-13H,1,14H2,2H3. The molecule has 0 atom stereocenters. The number of para-hydroxylation sites is 2. The van der Waals surface area contributed by atoms with Gasteiger partial charge in [0, 0.05) is 11.6 Å². The number of hydrogen-bond donors (Lipinski definition) is 0. The molecule has 0 saturated heterocycles. The van der Waals surface area contributed by atoms with Crippen molar-refractivity contribution >= 4 is 5.65 Å². The molecule has 0 aliphatic heterocycles. The minimum Gasteiger partial charge on any atom is -0.497 e. The Hall–Kier alpha value is -3.87. The lowest BCUT2D eigenvalue weighted by Crippen LogP contribution is -2.00. The quantitative estimate of drug-likeness (QED) is 0.453. The van der Waals surface area contributed by atoms with Crippen LogP contribution in [0.3, 0.4) is 0 Å². The Kier molecular flexibility index (Phi) is 4.88. The normalized spacial score (nSPS) is 10.6. The highest BCUT2D eigenvalue weighted by Crippen LogP contribution is 2.31. The molecule has 0 bridgehead atoms. The minimum atomic E-state index is 0.389. The maximum absolute atomic E-state index is 5.94. The second-order valence-electron chi connectivity index (χ2n) is 5.84. The van der Waals surface area contributed by atoms with Gasteiger partial charge in [0.25, 0.3) is 0 Å². The van der Waals surface area contributed by atoms with Crippen LogP contribution in [-0.2, 0) is 0 Å². The predicted octanol–water partition coefficient (Wildman–Crippen LogP) is 4.16. The number of methoxy groups -OCH3 is 1. The molecule has 0 saturated carbocycles. The van der Waals surface area contributed by atoms with Crippen LogP contribution in [0, 0.1) is 0 Å². The van der Waals surface area contributed by atoms with Crippen molar-refractivity contribution in [1.29, 1.82) is 0 Å². The van der Waals surface area contributed by atoms with Gasteiger partial charge in [-0.3, -0.25) is 0 Å². The molecule has 7 heteroatoms. The zero-order valence-electron chi connectivity index (χ0n) is 15.3. The molecule has 4 aromatic rings. The van der Waals surface area contributed by atoms with Crippen LogP contribution >= 0.6 is 0 Å². The van der Waals surface area contributed by atoms with Crippen molar-refractivity contribution in [2.24, 2.45) is 0 Å². The van der Waals surface area contributed by atoms with Crippen molar-refractivity contribution in [3.8, 4) is 34.5 Å². The molecule has 2 heterocycles. The molecule has 0 aliphatic rings. The maximum Gasteiger partial charge on any atom is 0.237 e. The highest BCUT2D eigenvalue weighted by Gasteiger charge is 2.12. The Morgan fingerprint density at radius 1 is 0.964 bits per heavy atom. The summed E-state index contributed by atoms with van der Waals surface area (Å²) in [5.41, 5.74) is 1.49. The molecule has 0 amide bonds. The van der Waals surface area contributed by atoms with Gasteiger partial charge in [-0.25, -0.2) is 0 Å². The zero-order valence-corrected chi connectivity index (χ0v) is 15.3. The average Bonchev–Trinajstić information content (AvgIpc) is 3.16. The lowest BCUT2D eigenvalue weighted by molar-refractivity contribution is 0.336. The summed E-state index contributed by atoms with van der Waals surface area (Å²) in [5, 5.41) is 13.0. The first-order chi connectivity index (χ1) is 13.8. The lowest BCUT2D eigenvalue weighted by atomic mass is 10.2. The molecule has 2 aromatic carbocycles. The molecule has 0 radical (unpaired) electrons. The van der Waals surface area contributed by atoms with Crippen molar-refractivity contribution in [3.05, 3.63) is 73.3 Å². The van der Waals surface area contributed by atoms with Crippen LogP contribution < -0.4 is 14.2 Å². The van der Waals surface area contributed by atoms with E-state index in [1.807, 2.05) is 48.5 Å². The summed E-state index contributed by atoms with van der Waals surface area (Å²) in [5.74, 6) is 2.96. The number of rotatable bonds is 7. The van der Waals surface area contributed by atoms with Gasteiger partial charge in [0.1, 0.15) is 12.4 Å². The topological polar surface area (TPSA) is 70.8 Å². The number of hydrogen-bond acceptors (Lipinski definition) is 6. The zero-order chi connectivity index (χ0) is 19.3. The molecule has 0 aliphatic carbocycles. The Morgan fingerprint density at radius 3 is 2.50 bits per heavy atom. The molecule has 28 heavy (non-hydrogen) atoms. The van der Waals surface area contributed by atoms with Gasteiger partial charge >= 0.3 is 0 Å². The molecule has 0 spiro atoms. The third-order valence-corrected chi connectivity index (χ3v) is 4.01. The number of nitrogens with zero attached hydrogens (tertiary/aromatic N) is 4. The van der Waals surface area contributed by atoms with E-state index in [9.17, 15) is 0 Å². The SMILES string of the molecule is C=CCOc1ccccc1Oc1ccc2nnc(-c3ccc(OC)cc3)n2n1. The van der Waals surface area contributed by atoms with Crippen LogP contribution in [0.5, 0.6) is 23.1 Å². The van der Waals surface area contributed by atoms with E-state index in [1.54, 1.807) is 29.8 Å². The van der Waals surface area contributed by atoms with E-state index >= 15 is 0 Å². The first kappa shape index (κ1) is 17.5. The third kappa shape index (κ3) is 3.50. The van der Waals surface area contributed by atoms with Crippen LogP contribution in [0.1, 0.15) is 0 Å². The Morgan fingerprint density at radius 2 is 1.75 bits per heavy atom. The first-order valence-corrected chi connectivity index (χ1v) is 8.66. The fourth-order valence-corrected chi connectivity index (χ4v) is 2.66. The monoisotopic (exact) mass is 374 g/mol. The summed E-state index contributed by atoms with van der Waals surface area (Å²) < 4.78 is 18.4. The molecule has 7 nitrogen and oxygen atoms in total. The molecular weight excluding hydrogens is 356 g/mol. The summed E-state index contributed by atoms with van der Waals surface area (Å²) in [4.78, 5) is 0. The largest absolute Gasteiger partial charge is 0.497 e. The molecule has 4 rings (SSSR count). The van der Waals surface area contributed by atoms with Crippen molar-refractivity contribution < 1.29 is 14.2 Å². The van der Waals surface area contributed by atoms with Crippen LogP contribution in [0.4, 0.5) is 0 Å². The summed E-state index contributed by atoms with van der Waals surface area (Å²) in [6, 6.07) is 18.5. The van der Waals surface area contributed by atoms with E-state index < -0.39 is 0 Å². The van der Waals surface area contributed by atoms with E-state index in [-0.39, 0.29) is 0 Å². The van der Waals surface area contributed by atoms with Crippen molar-refractivity contribution in [2.45, 2.75) is 0 Å². The lowest BCUT2D eigenvalue weighted by Gasteiger charge is -2.10. The van der Waals surface area contributed by atoms with Gasteiger partial charge in [-0.2, -0.15) is 4.52 Å². The van der Waals surface area contributed by atoms with Gasteiger partial charge in [-0.15, -0.1) is 15.3 Å².